The molecule has 0 amide bonds. The van der Waals surface area contributed by atoms with Crippen molar-refractivity contribution in [3.8, 4) is 0 Å². The van der Waals surface area contributed by atoms with E-state index in [1.165, 1.54) is 30.2 Å². The van der Waals surface area contributed by atoms with Crippen LogP contribution in [0.2, 0.25) is 0 Å². The Balaban J connectivity index is 1.65. The van der Waals surface area contributed by atoms with E-state index in [1.54, 1.807) is 0 Å². The minimum atomic E-state index is 0.725. The molecule has 2 aromatic rings. The van der Waals surface area contributed by atoms with Crippen LogP contribution in [0.15, 0.2) is 36.5 Å². The van der Waals surface area contributed by atoms with Gasteiger partial charge in [-0.05, 0) is 49.8 Å². The summed E-state index contributed by atoms with van der Waals surface area (Å²) >= 11 is 0. The molecule has 0 radical (unpaired) electrons. The smallest absolute Gasteiger partial charge is 0.0734 e. The molecular weight excluding hydrogens is 232 g/mol. The second-order valence-corrected chi connectivity index (χ2v) is 5.55. The first-order valence-corrected chi connectivity index (χ1v) is 7.44. The first-order valence-electron chi connectivity index (χ1n) is 7.44. The summed E-state index contributed by atoms with van der Waals surface area (Å²) in [7, 11) is 0. The zero-order valence-corrected chi connectivity index (χ0v) is 11.6. The second-order valence-electron chi connectivity index (χ2n) is 5.55. The Kier molecular flexibility index (Phi) is 3.79. The van der Waals surface area contributed by atoms with Gasteiger partial charge in [0.05, 0.1) is 5.52 Å². The quantitative estimate of drug-likeness (QED) is 0.852. The van der Waals surface area contributed by atoms with E-state index in [1.807, 2.05) is 12.3 Å². The van der Waals surface area contributed by atoms with E-state index in [-0.39, 0.29) is 0 Å². The van der Waals surface area contributed by atoms with Crippen molar-refractivity contribution in [2.24, 2.45) is 5.92 Å². The number of hydrogen-bond acceptors (Lipinski definition) is 2. The number of benzene rings is 1. The molecule has 1 aliphatic rings. The minimum absolute atomic E-state index is 0.725. The lowest BCUT2D eigenvalue weighted by Crippen LogP contribution is -2.32. The molecule has 3 rings (SSSR count). The topological polar surface area (TPSA) is 24.9 Å². The molecule has 1 aromatic heterocycles. The van der Waals surface area contributed by atoms with Crippen molar-refractivity contribution in [3.63, 3.8) is 0 Å². The largest absolute Gasteiger partial charge is 0.313 e. The monoisotopic (exact) mass is 254 g/mol. The summed E-state index contributed by atoms with van der Waals surface area (Å²) in [6, 6.07) is 11.3. The Morgan fingerprint density at radius 2 is 2.11 bits per heavy atom. The molecule has 1 atom stereocenters. The van der Waals surface area contributed by atoms with Gasteiger partial charge in [-0.25, -0.2) is 0 Å². The molecule has 1 aliphatic carbocycles. The van der Waals surface area contributed by atoms with Crippen LogP contribution in [0.25, 0.3) is 10.9 Å². The third-order valence-electron chi connectivity index (χ3n) is 4.15. The molecule has 2 nitrogen and oxygen atoms in total. The Bertz CT molecular complexity index is 540. The number of rotatable bonds is 6. The average Bonchev–Trinajstić information content (AvgIpc) is 3.28. The van der Waals surface area contributed by atoms with Gasteiger partial charge in [-0.3, -0.25) is 4.98 Å². The van der Waals surface area contributed by atoms with Crippen LogP contribution in [0.3, 0.4) is 0 Å². The number of para-hydroxylation sites is 1. The Labute approximate surface area is 115 Å². The normalized spacial score (nSPS) is 16.7. The maximum Gasteiger partial charge on any atom is 0.0734 e. The van der Waals surface area contributed by atoms with Gasteiger partial charge in [-0.2, -0.15) is 0 Å². The SMILES string of the molecule is CCC(NCCc1cccc2cccnc12)C1CC1. The number of hydrogen-bond donors (Lipinski definition) is 1. The van der Waals surface area contributed by atoms with Crippen molar-refractivity contribution in [3.05, 3.63) is 42.1 Å². The summed E-state index contributed by atoms with van der Waals surface area (Å²) in [5, 5.41) is 4.96. The second kappa shape index (κ2) is 5.70. The summed E-state index contributed by atoms with van der Waals surface area (Å²) in [4.78, 5) is 4.52. The molecule has 1 saturated carbocycles. The van der Waals surface area contributed by atoms with Gasteiger partial charge in [-0.15, -0.1) is 0 Å². The molecule has 0 aliphatic heterocycles. The number of pyridine rings is 1. The van der Waals surface area contributed by atoms with Crippen LogP contribution < -0.4 is 5.32 Å². The third-order valence-corrected chi connectivity index (χ3v) is 4.15. The van der Waals surface area contributed by atoms with Crippen molar-refractivity contribution in [2.45, 2.75) is 38.6 Å². The maximum absolute atomic E-state index is 4.52. The van der Waals surface area contributed by atoms with Gasteiger partial charge in [-0.1, -0.05) is 31.2 Å². The van der Waals surface area contributed by atoms with Crippen LogP contribution in [0.1, 0.15) is 31.7 Å². The van der Waals surface area contributed by atoms with Gasteiger partial charge in [0.15, 0.2) is 0 Å². The molecule has 19 heavy (non-hydrogen) atoms. The maximum atomic E-state index is 4.52. The van der Waals surface area contributed by atoms with Crippen molar-refractivity contribution in [1.82, 2.24) is 10.3 Å². The number of nitrogens with zero attached hydrogens (tertiary/aromatic N) is 1. The van der Waals surface area contributed by atoms with Crippen LogP contribution in [-0.4, -0.2) is 17.6 Å². The predicted molar refractivity (Wildman–Crippen MR) is 80.3 cm³/mol. The Morgan fingerprint density at radius 1 is 1.26 bits per heavy atom. The van der Waals surface area contributed by atoms with Crippen molar-refractivity contribution >= 4 is 10.9 Å². The van der Waals surface area contributed by atoms with Gasteiger partial charge in [0.2, 0.25) is 0 Å². The molecule has 2 heteroatoms. The standard InChI is InChI=1S/C17H22N2/c1-2-16(13-8-9-13)18-12-10-15-6-3-5-14-7-4-11-19-17(14)15/h3-7,11,13,16,18H,2,8-10,12H2,1H3. The number of fused-ring (bicyclic) bond motifs is 1. The van der Waals surface area contributed by atoms with Gasteiger partial charge in [0.25, 0.3) is 0 Å². The number of aromatic nitrogens is 1. The molecule has 1 aromatic carbocycles. The molecule has 1 unspecified atom stereocenters. The fraction of sp³-hybridized carbons (Fsp3) is 0.471. The summed E-state index contributed by atoms with van der Waals surface area (Å²) in [6.45, 7) is 3.35. The van der Waals surface area contributed by atoms with Gasteiger partial charge in [0.1, 0.15) is 0 Å². The van der Waals surface area contributed by atoms with E-state index >= 15 is 0 Å². The van der Waals surface area contributed by atoms with E-state index in [0.717, 1.165) is 30.4 Å². The highest BCUT2D eigenvalue weighted by Crippen LogP contribution is 2.33. The summed E-state index contributed by atoms with van der Waals surface area (Å²) < 4.78 is 0. The summed E-state index contributed by atoms with van der Waals surface area (Å²) in [5.74, 6) is 0.940. The zero-order chi connectivity index (χ0) is 13.1. The Hall–Kier alpha value is -1.41. The van der Waals surface area contributed by atoms with Gasteiger partial charge < -0.3 is 5.32 Å². The molecule has 0 saturated heterocycles. The molecule has 1 fully saturated rings. The van der Waals surface area contributed by atoms with E-state index < -0.39 is 0 Å². The highest BCUT2D eigenvalue weighted by atomic mass is 14.9. The molecule has 1 N–H and O–H groups in total. The molecule has 0 spiro atoms. The van der Waals surface area contributed by atoms with E-state index in [0.29, 0.717) is 0 Å². The Morgan fingerprint density at radius 3 is 2.89 bits per heavy atom. The summed E-state index contributed by atoms with van der Waals surface area (Å²) in [5.41, 5.74) is 2.52. The molecule has 0 bridgehead atoms. The van der Waals surface area contributed by atoms with Crippen LogP contribution in [-0.2, 0) is 6.42 Å². The molecule has 100 valence electrons. The van der Waals surface area contributed by atoms with Crippen LogP contribution in [0.4, 0.5) is 0 Å². The van der Waals surface area contributed by atoms with Crippen molar-refractivity contribution < 1.29 is 0 Å². The van der Waals surface area contributed by atoms with Crippen LogP contribution >= 0.6 is 0 Å². The minimum Gasteiger partial charge on any atom is -0.313 e. The van der Waals surface area contributed by atoms with Crippen LogP contribution in [0, 0.1) is 5.92 Å². The third kappa shape index (κ3) is 2.95. The lowest BCUT2D eigenvalue weighted by molar-refractivity contribution is 0.453. The first-order chi connectivity index (χ1) is 9.38. The fourth-order valence-electron chi connectivity index (χ4n) is 2.90. The van der Waals surface area contributed by atoms with Crippen molar-refractivity contribution in [1.29, 1.82) is 0 Å². The fourth-order valence-corrected chi connectivity index (χ4v) is 2.90. The van der Waals surface area contributed by atoms with E-state index in [9.17, 15) is 0 Å². The average molecular weight is 254 g/mol. The number of nitrogens with one attached hydrogen (secondary N) is 1. The lowest BCUT2D eigenvalue weighted by atomic mass is 10.1. The highest BCUT2D eigenvalue weighted by Gasteiger charge is 2.29. The summed E-state index contributed by atoms with van der Waals surface area (Å²) in [6.07, 6.45) is 7.04. The predicted octanol–water partition coefficient (Wildman–Crippen LogP) is 3.56. The van der Waals surface area contributed by atoms with E-state index in [4.69, 9.17) is 0 Å². The van der Waals surface area contributed by atoms with Gasteiger partial charge in [0, 0.05) is 17.6 Å². The van der Waals surface area contributed by atoms with E-state index in [2.05, 4.69) is 41.5 Å². The van der Waals surface area contributed by atoms with Crippen LogP contribution in [0.5, 0.6) is 0 Å². The molecule has 1 heterocycles. The highest BCUT2D eigenvalue weighted by molar-refractivity contribution is 5.81. The zero-order valence-electron chi connectivity index (χ0n) is 11.6. The van der Waals surface area contributed by atoms with Gasteiger partial charge >= 0.3 is 0 Å². The van der Waals surface area contributed by atoms with Crippen molar-refractivity contribution in [2.75, 3.05) is 6.54 Å². The first kappa shape index (κ1) is 12.6. The molecular formula is C17H22N2. The lowest BCUT2D eigenvalue weighted by Gasteiger charge is -2.16.